The molecule has 0 fully saturated rings. The normalized spacial score (nSPS) is 10.6. The Morgan fingerprint density at radius 3 is 2.21 bits per heavy atom. The number of nitrogens with two attached hydrogens (primary N) is 1. The van der Waals surface area contributed by atoms with Crippen LogP contribution in [0, 0.1) is 11.6 Å². The number of halogens is 2. The van der Waals surface area contributed by atoms with Crippen LogP contribution < -0.4 is 11.3 Å². The topological polar surface area (TPSA) is 72.9 Å². The van der Waals surface area contributed by atoms with E-state index in [4.69, 9.17) is 5.84 Å². The molecule has 122 valence electrons. The number of carbonyl (C=O) groups excluding carboxylic acids is 1. The second-order valence-corrected chi connectivity index (χ2v) is 5.18. The van der Waals surface area contributed by atoms with Crippen LogP contribution in [0.3, 0.4) is 0 Å². The maximum absolute atomic E-state index is 13.1. The van der Waals surface area contributed by atoms with E-state index in [0.29, 0.717) is 11.3 Å². The zero-order valence-corrected chi connectivity index (χ0v) is 12.5. The van der Waals surface area contributed by atoms with Gasteiger partial charge in [-0.1, -0.05) is 12.1 Å². The fraction of sp³-hybridized carbons (Fsp3) is 0.0588. The molecule has 0 radical (unpaired) electrons. The summed E-state index contributed by atoms with van der Waals surface area (Å²) in [4.78, 5) is 12.0. The van der Waals surface area contributed by atoms with Gasteiger partial charge in [-0.2, -0.15) is 5.10 Å². The summed E-state index contributed by atoms with van der Waals surface area (Å²) in [6.45, 7) is 0.268. The highest BCUT2D eigenvalue weighted by Crippen LogP contribution is 2.20. The molecule has 0 saturated heterocycles. The van der Waals surface area contributed by atoms with Gasteiger partial charge < -0.3 is 0 Å². The van der Waals surface area contributed by atoms with E-state index >= 15 is 0 Å². The molecule has 3 rings (SSSR count). The maximum Gasteiger partial charge on any atom is 0.283 e. The molecule has 1 aromatic heterocycles. The molecule has 1 amide bonds. The summed E-state index contributed by atoms with van der Waals surface area (Å²) >= 11 is 0. The summed E-state index contributed by atoms with van der Waals surface area (Å²) < 4.78 is 27.5. The summed E-state index contributed by atoms with van der Waals surface area (Å²) in [5.41, 5.74) is 4.27. The lowest BCUT2D eigenvalue weighted by Gasteiger charge is -2.06. The molecule has 3 aromatic rings. The van der Waals surface area contributed by atoms with Crippen molar-refractivity contribution in [3.8, 4) is 11.3 Å². The smallest absolute Gasteiger partial charge is 0.283 e. The Hall–Kier alpha value is -3.06. The molecule has 7 heteroatoms. The third kappa shape index (κ3) is 3.31. The molecule has 0 bridgehead atoms. The highest BCUT2D eigenvalue weighted by Gasteiger charge is 2.16. The van der Waals surface area contributed by atoms with E-state index in [1.165, 1.54) is 28.9 Å². The second kappa shape index (κ2) is 6.59. The third-order valence-corrected chi connectivity index (χ3v) is 3.53. The van der Waals surface area contributed by atoms with E-state index in [0.717, 1.165) is 5.56 Å². The monoisotopic (exact) mass is 328 g/mol. The van der Waals surface area contributed by atoms with Gasteiger partial charge in [-0.05, 0) is 48.0 Å². The average molecular weight is 328 g/mol. The fourth-order valence-corrected chi connectivity index (χ4v) is 2.32. The van der Waals surface area contributed by atoms with Gasteiger partial charge in [0.2, 0.25) is 0 Å². The minimum atomic E-state index is -0.502. The lowest BCUT2D eigenvalue weighted by atomic mass is 10.1. The molecule has 0 saturated carbocycles. The first kappa shape index (κ1) is 15.8. The zero-order valence-electron chi connectivity index (χ0n) is 12.5. The quantitative estimate of drug-likeness (QED) is 0.439. The summed E-state index contributed by atoms with van der Waals surface area (Å²) in [6, 6.07) is 13.2. The Morgan fingerprint density at radius 1 is 1.04 bits per heavy atom. The molecule has 0 unspecified atom stereocenters. The van der Waals surface area contributed by atoms with E-state index in [1.54, 1.807) is 30.3 Å². The Balaban J connectivity index is 1.98. The number of benzene rings is 2. The zero-order chi connectivity index (χ0) is 17.1. The first-order chi connectivity index (χ1) is 11.6. The Morgan fingerprint density at radius 2 is 1.62 bits per heavy atom. The van der Waals surface area contributed by atoms with Crippen LogP contribution in [0.1, 0.15) is 16.1 Å². The predicted octanol–water partition coefficient (Wildman–Crippen LogP) is 2.48. The summed E-state index contributed by atoms with van der Waals surface area (Å²) in [5, 5.41) is 4.38. The standard InChI is InChI=1S/C17H14F2N4O/c18-13-5-1-11(2-6-13)10-23-16(17(24)21-20)9-15(22-23)12-3-7-14(19)8-4-12/h1-9H,10,20H2,(H,21,24). The van der Waals surface area contributed by atoms with Gasteiger partial charge in [0.25, 0.3) is 5.91 Å². The number of hydrazine groups is 1. The van der Waals surface area contributed by atoms with Crippen LogP contribution >= 0.6 is 0 Å². The van der Waals surface area contributed by atoms with Gasteiger partial charge in [0.1, 0.15) is 17.3 Å². The highest BCUT2D eigenvalue weighted by atomic mass is 19.1. The molecule has 24 heavy (non-hydrogen) atoms. The van der Waals surface area contributed by atoms with E-state index in [9.17, 15) is 13.6 Å². The Kier molecular flexibility index (Phi) is 4.35. The summed E-state index contributed by atoms with van der Waals surface area (Å²) in [7, 11) is 0. The molecule has 0 atom stereocenters. The van der Waals surface area contributed by atoms with Crippen molar-refractivity contribution in [2.45, 2.75) is 6.54 Å². The first-order valence-electron chi connectivity index (χ1n) is 7.16. The lowest BCUT2D eigenvalue weighted by Crippen LogP contribution is -2.32. The van der Waals surface area contributed by atoms with Crippen LogP contribution in [0.4, 0.5) is 8.78 Å². The molecule has 1 heterocycles. The molecule has 0 aliphatic carbocycles. The number of rotatable bonds is 4. The summed E-state index contributed by atoms with van der Waals surface area (Å²) in [6.07, 6.45) is 0. The third-order valence-electron chi connectivity index (χ3n) is 3.53. The fourth-order valence-electron chi connectivity index (χ4n) is 2.32. The molecule has 0 aliphatic rings. The van der Waals surface area contributed by atoms with Crippen LogP contribution in [0.5, 0.6) is 0 Å². The van der Waals surface area contributed by atoms with Crippen LogP contribution in [-0.2, 0) is 6.54 Å². The van der Waals surface area contributed by atoms with Crippen molar-refractivity contribution in [3.05, 3.63) is 77.5 Å². The molecule has 0 aliphatic heterocycles. The Labute approximate surface area is 136 Å². The van der Waals surface area contributed by atoms with Crippen molar-refractivity contribution in [3.63, 3.8) is 0 Å². The van der Waals surface area contributed by atoms with Gasteiger partial charge in [0, 0.05) is 5.56 Å². The van der Waals surface area contributed by atoms with Gasteiger partial charge in [0.15, 0.2) is 0 Å². The molecule has 3 N–H and O–H groups in total. The minimum absolute atomic E-state index is 0.251. The van der Waals surface area contributed by atoms with E-state index in [1.807, 2.05) is 0 Å². The largest absolute Gasteiger partial charge is 0.289 e. The number of hydrogen-bond acceptors (Lipinski definition) is 3. The lowest BCUT2D eigenvalue weighted by molar-refractivity contribution is 0.0943. The molecule has 2 aromatic carbocycles. The van der Waals surface area contributed by atoms with Crippen molar-refractivity contribution in [2.24, 2.45) is 5.84 Å². The van der Waals surface area contributed by atoms with Gasteiger partial charge in [-0.15, -0.1) is 0 Å². The maximum atomic E-state index is 13.1. The minimum Gasteiger partial charge on any atom is -0.289 e. The number of nitrogens with one attached hydrogen (secondary N) is 1. The second-order valence-electron chi connectivity index (χ2n) is 5.18. The first-order valence-corrected chi connectivity index (χ1v) is 7.16. The van der Waals surface area contributed by atoms with E-state index in [-0.39, 0.29) is 23.9 Å². The van der Waals surface area contributed by atoms with Crippen LogP contribution in [0.15, 0.2) is 54.6 Å². The van der Waals surface area contributed by atoms with Gasteiger partial charge in [-0.25, -0.2) is 14.6 Å². The van der Waals surface area contributed by atoms with Gasteiger partial charge in [0.05, 0.1) is 12.2 Å². The molecule has 5 nitrogen and oxygen atoms in total. The van der Waals surface area contributed by atoms with Crippen molar-refractivity contribution >= 4 is 5.91 Å². The van der Waals surface area contributed by atoms with Gasteiger partial charge >= 0.3 is 0 Å². The molecule has 0 spiro atoms. The van der Waals surface area contributed by atoms with Crippen molar-refractivity contribution in [1.29, 1.82) is 0 Å². The van der Waals surface area contributed by atoms with Crippen LogP contribution in [0.2, 0.25) is 0 Å². The number of hydrogen-bond donors (Lipinski definition) is 2. The van der Waals surface area contributed by atoms with Crippen molar-refractivity contribution < 1.29 is 13.6 Å². The summed E-state index contributed by atoms with van der Waals surface area (Å²) in [5.74, 6) is 4.01. The van der Waals surface area contributed by atoms with Crippen LogP contribution in [-0.4, -0.2) is 15.7 Å². The van der Waals surface area contributed by atoms with E-state index < -0.39 is 5.91 Å². The van der Waals surface area contributed by atoms with Gasteiger partial charge in [-0.3, -0.25) is 14.9 Å². The number of nitrogen functional groups attached to an aromatic ring is 1. The number of nitrogens with zero attached hydrogens (tertiary/aromatic N) is 2. The average Bonchev–Trinajstić information content (AvgIpc) is 3.00. The molecular formula is C17H14F2N4O. The number of carbonyl (C=O) groups is 1. The van der Waals surface area contributed by atoms with Crippen molar-refractivity contribution in [2.75, 3.05) is 0 Å². The van der Waals surface area contributed by atoms with Crippen molar-refractivity contribution in [1.82, 2.24) is 15.2 Å². The SMILES string of the molecule is NNC(=O)c1cc(-c2ccc(F)cc2)nn1Cc1ccc(F)cc1. The number of aromatic nitrogens is 2. The Bertz CT molecular complexity index is 857. The predicted molar refractivity (Wildman–Crippen MR) is 84.8 cm³/mol. The van der Waals surface area contributed by atoms with E-state index in [2.05, 4.69) is 10.5 Å². The van der Waals surface area contributed by atoms with Crippen LogP contribution in [0.25, 0.3) is 11.3 Å². The molecular weight excluding hydrogens is 314 g/mol. The number of amides is 1. The highest BCUT2D eigenvalue weighted by molar-refractivity contribution is 5.93.